The van der Waals surface area contributed by atoms with Crippen LogP contribution >= 0.6 is 11.8 Å². The first-order chi connectivity index (χ1) is 9.52. The van der Waals surface area contributed by atoms with Gasteiger partial charge in [-0.1, -0.05) is 0 Å². The third-order valence-corrected chi connectivity index (χ3v) is 3.68. The van der Waals surface area contributed by atoms with Crippen molar-refractivity contribution in [1.29, 1.82) is 0 Å². The van der Waals surface area contributed by atoms with Crippen molar-refractivity contribution in [3.8, 4) is 0 Å². The lowest BCUT2D eigenvalue weighted by atomic mass is 10.1. The summed E-state index contributed by atoms with van der Waals surface area (Å²) < 4.78 is 0. The fourth-order valence-corrected chi connectivity index (χ4v) is 2.39. The van der Waals surface area contributed by atoms with Crippen molar-refractivity contribution in [2.45, 2.75) is 4.90 Å². The van der Waals surface area contributed by atoms with Gasteiger partial charge in [-0.25, -0.2) is 0 Å². The second-order valence-corrected chi connectivity index (χ2v) is 5.10. The molecule has 1 aromatic rings. The van der Waals surface area contributed by atoms with Gasteiger partial charge in [0.15, 0.2) is 0 Å². The summed E-state index contributed by atoms with van der Waals surface area (Å²) in [6, 6.07) is 4.42. The van der Waals surface area contributed by atoms with Gasteiger partial charge in [0.1, 0.15) is 5.56 Å². The van der Waals surface area contributed by atoms with Crippen molar-refractivity contribution in [3.05, 3.63) is 33.9 Å². The van der Waals surface area contributed by atoms with Crippen LogP contribution in [0.4, 0.5) is 5.69 Å². The van der Waals surface area contributed by atoms with Crippen LogP contribution < -0.4 is 5.32 Å². The summed E-state index contributed by atoms with van der Waals surface area (Å²) in [5.41, 5.74) is -0.213. The Balaban J connectivity index is 2.36. The number of amides is 2. The fourth-order valence-electron chi connectivity index (χ4n) is 1.95. The minimum Gasteiger partial charge on any atom is -0.353 e. The maximum atomic E-state index is 12.4. The second kappa shape index (κ2) is 5.91. The molecule has 1 N–H and O–H groups in total. The highest BCUT2D eigenvalue weighted by Crippen LogP contribution is 2.26. The van der Waals surface area contributed by atoms with E-state index in [1.807, 2.05) is 6.26 Å². The van der Waals surface area contributed by atoms with E-state index in [-0.39, 0.29) is 23.7 Å². The van der Waals surface area contributed by atoms with E-state index in [1.165, 1.54) is 28.8 Å². The van der Waals surface area contributed by atoms with Gasteiger partial charge in [0, 0.05) is 24.1 Å². The fraction of sp³-hybridized carbons (Fsp3) is 0.333. The van der Waals surface area contributed by atoms with Gasteiger partial charge in [0.05, 0.1) is 11.5 Å². The summed E-state index contributed by atoms with van der Waals surface area (Å²) in [4.78, 5) is 36.2. The molecule has 0 saturated carbocycles. The molecular weight excluding hydrogens is 282 g/mol. The van der Waals surface area contributed by atoms with E-state index in [2.05, 4.69) is 5.32 Å². The molecule has 0 atom stereocenters. The average Bonchev–Trinajstić information content (AvgIpc) is 2.45. The van der Waals surface area contributed by atoms with Gasteiger partial charge >= 0.3 is 0 Å². The molecule has 0 aliphatic carbocycles. The van der Waals surface area contributed by atoms with Crippen molar-refractivity contribution in [1.82, 2.24) is 10.2 Å². The molecule has 7 nitrogen and oxygen atoms in total. The Morgan fingerprint density at radius 2 is 2.25 bits per heavy atom. The summed E-state index contributed by atoms with van der Waals surface area (Å²) in [6.07, 6.45) is 1.82. The zero-order chi connectivity index (χ0) is 14.7. The number of nitro groups is 1. The maximum absolute atomic E-state index is 12.4. The first-order valence-electron chi connectivity index (χ1n) is 5.91. The van der Waals surface area contributed by atoms with Crippen LogP contribution in [0.15, 0.2) is 23.1 Å². The molecule has 1 aliphatic heterocycles. The van der Waals surface area contributed by atoms with Gasteiger partial charge < -0.3 is 10.2 Å². The molecule has 1 fully saturated rings. The van der Waals surface area contributed by atoms with Crippen molar-refractivity contribution in [3.63, 3.8) is 0 Å². The first kappa shape index (κ1) is 14.3. The Labute approximate surface area is 119 Å². The number of benzene rings is 1. The summed E-state index contributed by atoms with van der Waals surface area (Å²) in [6.45, 7) is 0.644. The zero-order valence-electron chi connectivity index (χ0n) is 10.8. The Kier molecular flexibility index (Phi) is 4.23. The predicted octanol–water partition coefficient (Wildman–Crippen LogP) is 0.889. The number of carbonyl (C=O) groups excluding carboxylic acids is 2. The normalized spacial score (nSPS) is 14.8. The molecule has 0 aromatic heterocycles. The molecule has 20 heavy (non-hydrogen) atoms. The molecule has 0 unspecified atom stereocenters. The third kappa shape index (κ3) is 2.90. The Morgan fingerprint density at radius 1 is 1.50 bits per heavy atom. The van der Waals surface area contributed by atoms with E-state index in [9.17, 15) is 19.7 Å². The third-order valence-electron chi connectivity index (χ3n) is 2.96. The van der Waals surface area contributed by atoms with Crippen LogP contribution in [0.3, 0.4) is 0 Å². The summed E-state index contributed by atoms with van der Waals surface area (Å²) in [5, 5.41) is 13.6. The lowest BCUT2D eigenvalue weighted by Crippen LogP contribution is -2.50. The number of rotatable bonds is 3. The smallest absolute Gasteiger partial charge is 0.282 e. The first-order valence-corrected chi connectivity index (χ1v) is 7.14. The number of carbonyl (C=O) groups is 2. The Hall–Kier alpha value is -2.09. The highest BCUT2D eigenvalue weighted by atomic mass is 32.2. The second-order valence-electron chi connectivity index (χ2n) is 4.22. The van der Waals surface area contributed by atoms with Crippen LogP contribution in [0.25, 0.3) is 0 Å². The molecule has 0 radical (unpaired) electrons. The zero-order valence-corrected chi connectivity index (χ0v) is 11.6. The van der Waals surface area contributed by atoms with E-state index < -0.39 is 10.8 Å². The SMILES string of the molecule is CSc1ccc([N+](=O)[O-])c(C(=O)N2CCNC(=O)C2)c1. The molecular formula is C12H13N3O4S. The monoisotopic (exact) mass is 295 g/mol. The quantitative estimate of drug-likeness (QED) is 0.508. The molecule has 0 spiro atoms. The summed E-state index contributed by atoms with van der Waals surface area (Å²) in [7, 11) is 0. The van der Waals surface area contributed by atoms with Crippen LogP contribution in [0.1, 0.15) is 10.4 Å². The number of thioether (sulfide) groups is 1. The van der Waals surface area contributed by atoms with Gasteiger partial charge in [-0.2, -0.15) is 0 Å². The lowest BCUT2D eigenvalue weighted by Gasteiger charge is -2.26. The Bertz CT molecular complexity index is 576. The topological polar surface area (TPSA) is 92.6 Å². The van der Waals surface area contributed by atoms with E-state index in [1.54, 1.807) is 6.07 Å². The summed E-state index contributed by atoms with van der Waals surface area (Å²) >= 11 is 1.40. The number of hydrogen-bond donors (Lipinski definition) is 1. The van der Waals surface area contributed by atoms with Crippen LogP contribution in [0.5, 0.6) is 0 Å². The molecule has 1 aromatic carbocycles. The van der Waals surface area contributed by atoms with E-state index in [0.717, 1.165) is 4.90 Å². The minimum absolute atomic E-state index is 0.0246. The van der Waals surface area contributed by atoms with Gasteiger partial charge in [-0.05, 0) is 18.4 Å². The van der Waals surface area contributed by atoms with Crippen molar-refractivity contribution in [2.24, 2.45) is 0 Å². The molecule has 1 aliphatic rings. The molecule has 2 rings (SSSR count). The molecule has 106 valence electrons. The lowest BCUT2D eigenvalue weighted by molar-refractivity contribution is -0.385. The van der Waals surface area contributed by atoms with E-state index in [4.69, 9.17) is 0 Å². The van der Waals surface area contributed by atoms with Crippen LogP contribution in [0, 0.1) is 10.1 Å². The molecule has 1 heterocycles. The summed E-state index contributed by atoms with van der Waals surface area (Å²) in [5.74, 6) is -0.740. The van der Waals surface area contributed by atoms with E-state index in [0.29, 0.717) is 13.1 Å². The van der Waals surface area contributed by atoms with Crippen LogP contribution in [0.2, 0.25) is 0 Å². The van der Waals surface area contributed by atoms with Crippen LogP contribution in [-0.2, 0) is 4.79 Å². The molecule has 2 amide bonds. The standard InChI is InChI=1S/C12H13N3O4S/c1-20-8-2-3-10(15(18)19)9(6-8)12(17)14-5-4-13-11(16)7-14/h2-3,6H,4-5,7H2,1H3,(H,13,16). The van der Waals surface area contributed by atoms with Gasteiger partial charge in [-0.3, -0.25) is 19.7 Å². The van der Waals surface area contributed by atoms with Gasteiger partial charge in [0.2, 0.25) is 5.91 Å². The number of nitro benzene ring substituents is 1. The molecule has 0 bridgehead atoms. The highest BCUT2D eigenvalue weighted by Gasteiger charge is 2.28. The number of nitrogens with one attached hydrogen (secondary N) is 1. The molecule has 1 saturated heterocycles. The number of nitrogens with zero attached hydrogens (tertiary/aromatic N) is 2. The maximum Gasteiger partial charge on any atom is 0.282 e. The van der Waals surface area contributed by atoms with E-state index >= 15 is 0 Å². The average molecular weight is 295 g/mol. The number of hydrogen-bond acceptors (Lipinski definition) is 5. The number of piperazine rings is 1. The Morgan fingerprint density at radius 3 is 2.85 bits per heavy atom. The highest BCUT2D eigenvalue weighted by molar-refractivity contribution is 7.98. The van der Waals surface area contributed by atoms with Gasteiger partial charge in [0.25, 0.3) is 11.6 Å². The molecule has 8 heteroatoms. The van der Waals surface area contributed by atoms with Gasteiger partial charge in [-0.15, -0.1) is 11.8 Å². The largest absolute Gasteiger partial charge is 0.353 e. The van der Waals surface area contributed by atoms with Crippen molar-refractivity contribution < 1.29 is 14.5 Å². The van der Waals surface area contributed by atoms with Crippen molar-refractivity contribution >= 4 is 29.3 Å². The minimum atomic E-state index is -0.582. The van der Waals surface area contributed by atoms with Crippen molar-refractivity contribution in [2.75, 3.05) is 25.9 Å². The van der Waals surface area contributed by atoms with Crippen LogP contribution in [-0.4, -0.2) is 47.5 Å². The predicted molar refractivity (Wildman–Crippen MR) is 73.8 cm³/mol.